The highest BCUT2D eigenvalue weighted by atomic mass is 79.9. The fourth-order valence-electron chi connectivity index (χ4n) is 1.39. The lowest BCUT2D eigenvalue weighted by Gasteiger charge is -2.07. The molecule has 0 aliphatic heterocycles. The molecular weight excluding hydrogens is 323 g/mol. The molecule has 0 saturated heterocycles. The lowest BCUT2D eigenvalue weighted by Crippen LogP contribution is -2.05. The number of rotatable bonds is 3. The van der Waals surface area contributed by atoms with Gasteiger partial charge in [-0.05, 0) is 18.2 Å². The smallest absolute Gasteiger partial charge is 0.223 e. The number of nitrogen functional groups attached to an aromatic ring is 1. The highest BCUT2D eigenvalue weighted by molar-refractivity contribution is 9.10. The van der Waals surface area contributed by atoms with Crippen molar-refractivity contribution in [2.75, 3.05) is 11.1 Å². The standard InChI is InChI=1S/C11H9BrClFN4/c12-7-1-2-8(14)6(3-7)5-16-10-4-9(13)17-11(15)18-10/h1-4H,5H2,(H3,15,16,17,18). The maximum Gasteiger partial charge on any atom is 0.223 e. The Labute approximate surface area is 117 Å². The number of halogens is 3. The fourth-order valence-corrected chi connectivity index (χ4v) is 1.99. The van der Waals surface area contributed by atoms with E-state index < -0.39 is 0 Å². The van der Waals surface area contributed by atoms with Crippen molar-refractivity contribution in [1.82, 2.24) is 9.97 Å². The Morgan fingerprint density at radius 1 is 1.33 bits per heavy atom. The molecular formula is C11H9BrClFN4. The van der Waals surface area contributed by atoms with E-state index in [-0.39, 0.29) is 23.5 Å². The Bertz CT molecular complexity index is 559. The quantitative estimate of drug-likeness (QED) is 0.848. The van der Waals surface area contributed by atoms with Crippen molar-refractivity contribution in [1.29, 1.82) is 0 Å². The van der Waals surface area contributed by atoms with Crippen molar-refractivity contribution in [3.05, 3.63) is 45.3 Å². The molecule has 2 rings (SSSR count). The van der Waals surface area contributed by atoms with E-state index in [1.54, 1.807) is 12.1 Å². The number of hydrogen-bond donors (Lipinski definition) is 2. The van der Waals surface area contributed by atoms with Crippen LogP contribution in [0.25, 0.3) is 0 Å². The first-order valence-corrected chi connectivity index (χ1v) is 6.19. The molecule has 1 heterocycles. The maximum atomic E-state index is 13.5. The lowest BCUT2D eigenvalue weighted by molar-refractivity contribution is 0.612. The molecule has 3 N–H and O–H groups in total. The Hall–Kier alpha value is -1.40. The molecule has 0 radical (unpaired) electrons. The van der Waals surface area contributed by atoms with E-state index in [4.69, 9.17) is 17.3 Å². The van der Waals surface area contributed by atoms with E-state index in [2.05, 4.69) is 31.2 Å². The molecule has 1 aromatic heterocycles. The number of nitrogens with zero attached hydrogens (tertiary/aromatic N) is 2. The first-order valence-electron chi connectivity index (χ1n) is 5.02. The first-order chi connectivity index (χ1) is 8.54. The van der Waals surface area contributed by atoms with Crippen molar-refractivity contribution in [3.63, 3.8) is 0 Å². The second-order valence-corrected chi connectivity index (χ2v) is 4.83. The van der Waals surface area contributed by atoms with Crippen LogP contribution < -0.4 is 11.1 Å². The second kappa shape index (κ2) is 5.49. The van der Waals surface area contributed by atoms with Crippen LogP contribution in [-0.4, -0.2) is 9.97 Å². The predicted molar refractivity (Wildman–Crippen MR) is 72.9 cm³/mol. The normalized spacial score (nSPS) is 10.4. The number of nitrogens with two attached hydrogens (primary N) is 1. The Morgan fingerprint density at radius 2 is 2.11 bits per heavy atom. The zero-order chi connectivity index (χ0) is 13.1. The van der Waals surface area contributed by atoms with Crippen molar-refractivity contribution in [2.45, 2.75) is 6.54 Å². The summed E-state index contributed by atoms with van der Waals surface area (Å²) in [5, 5.41) is 3.17. The second-order valence-electron chi connectivity index (χ2n) is 3.52. The number of anilines is 2. The average Bonchev–Trinajstić information content (AvgIpc) is 2.29. The van der Waals surface area contributed by atoms with Crippen molar-refractivity contribution in [2.24, 2.45) is 0 Å². The van der Waals surface area contributed by atoms with Gasteiger partial charge < -0.3 is 11.1 Å². The molecule has 1 aromatic carbocycles. The summed E-state index contributed by atoms with van der Waals surface area (Å²) >= 11 is 9.02. The molecule has 0 unspecified atom stereocenters. The number of nitrogens with one attached hydrogen (secondary N) is 1. The topological polar surface area (TPSA) is 63.8 Å². The van der Waals surface area contributed by atoms with E-state index >= 15 is 0 Å². The number of aromatic nitrogens is 2. The zero-order valence-electron chi connectivity index (χ0n) is 9.12. The van der Waals surface area contributed by atoms with Gasteiger partial charge in [0.05, 0.1) is 0 Å². The molecule has 0 amide bonds. The van der Waals surface area contributed by atoms with E-state index in [1.165, 1.54) is 12.1 Å². The van der Waals surface area contributed by atoms with Crippen LogP contribution in [0.1, 0.15) is 5.56 Å². The highest BCUT2D eigenvalue weighted by Crippen LogP contribution is 2.18. The van der Waals surface area contributed by atoms with E-state index in [1.807, 2.05) is 0 Å². The van der Waals surface area contributed by atoms with Crippen LogP contribution in [0.2, 0.25) is 5.15 Å². The van der Waals surface area contributed by atoms with Gasteiger partial charge in [-0.1, -0.05) is 27.5 Å². The molecule has 0 saturated carbocycles. The molecule has 94 valence electrons. The molecule has 0 aliphatic rings. The Balaban J connectivity index is 2.13. The Kier molecular flexibility index (Phi) is 3.98. The third-order valence-electron chi connectivity index (χ3n) is 2.18. The molecule has 2 aromatic rings. The molecule has 0 fully saturated rings. The summed E-state index contributed by atoms with van der Waals surface area (Å²) in [6.07, 6.45) is 0. The van der Waals surface area contributed by atoms with Crippen LogP contribution in [0.4, 0.5) is 16.2 Å². The minimum absolute atomic E-state index is 0.0692. The van der Waals surface area contributed by atoms with Gasteiger partial charge in [0.15, 0.2) is 0 Å². The first kappa shape index (κ1) is 13.0. The number of hydrogen-bond acceptors (Lipinski definition) is 4. The highest BCUT2D eigenvalue weighted by Gasteiger charge is 2.04. The summed E-state index contributed by atoms with van der Waals surface area (Å²) in [5.74, 6) is 0.227. The lowest BCUT2D eigenvalue weighted by atomic mass is 10.2. The SMILES string of the molecule is Nc1nc(Cl)cc(NCc2cc(Br)ccc2F)n1. The van der Waals surface area contributed by atoms with Crippen molar-refractivity contribution >= 4 is 39.3 Å². The van der Waals surface area contributed by atoms with Gasteiger partial charge in [-0.25, -0.2) is 9.37 Å². The van der Waals surface area contributed by atoms with Gasteiger partial charge >= 0.3 is 0 Å². The fraction of sp³-hybridized carbons (Fsp3) is 0.0909. The van der Waals surface area contributed by atoms with Gasteiger partial charge in [0.25, 0.3) is 0 Å². The van der Waals surface area contributed by atoms with Crippen LogP contribution in [0.3, 0.4) is 0 Å². The van der Waals surface area contributed by atoms with Crippen LogP contribution in [-0.2, 0) is 6.54 Å². The molecule has 0 spiro atoms. The molecule has 0 aliphatic carbocycles. The van der Waals surface area contributed by atoms with Crippen LogP contribution >= 0.6 is 27.5 Å². The van der Waals surface area contributed by atoms with Crippen LogP contribution in [0.5, 0.6) is 0 Å². The van der Waals surface area contributed by atoms with Crippen LogP contribution in [0, 0.1) is 5.82 Å². The Morgan fingerprint density at radius 3 is 2.83 bits per heavy atom. The van der Waals surface area contributed by atoms with Crippen molar-refractivity contribution in [3.8, 4) is 0 Å². The molecule has 0 atom stereocenters. The summed E-state index contributed by atoms with van der Waals surface area (Å²) in [6.45, 7) is 0.276. The summed E-state index contributed by atoms with van der Waals surface area (Å²) < 4.78 is 14.3. The summed E-state index contributed by atoms with van der Waals surface area (Å²) in [6, 6.07) is 6.24. The van der Waals surface area contributed by atoms with E-state index in [9.17, 15) is 4.39 Å². The summed E-state index contributed by atoms with van der Waals surface area (Å²) in [4.78, 5) is 7.67. The number of benzene rings is 1. The van der Waals surface area contributed by atoms with E-state index in [0.29, 0.717) is 11.4 Å². The third kappa shape index (κ3) is 3.30. The average molecular weight is 332 g/mol. The van der Waals surface area contributed by atoms with Gasteiger partial charge in [0.1, 0.15) is 16.8 Å². The molecule has 4 nitrogen and oxygen atoms in total. The van der Waals surface area contributed by atoms with Crippen molar-refractivity contribution < 1.29 is 4.39 Å². The largest absolute Gasteiger partial charge is 0.368 e. The van der Waals surface area contributed by atoms with Gasteiger partial charge in [-0.15, -0.1) is 0 Å². The monoisotopic (exact) mass is 330 g/mol. The summed E-state index contributed by atoms with van der Waals surface area (Å²) in [7, 11) is 0. The molecule has 0 bridgehead atoms. The molecule has 7 heteroatoms. The predicted octanol–water partition coefficient (Wildman–Crippen LogP) is 3.23. The van der Waals surface area contributed by atoms with Gasteiger partial charge in [0.2, 0.25) is 5.95 Å². The van der Waals surface area contributed by atoms with Gasteiger partial charge in [-0.3, -0.25) is 0 Å². The minimum Gasteiger partial charge on any atom is -0.368 e. The zero-order valence-corrected chi connectivity index (χ0v) is 11.5. The van der Waals surface area contributed by atoms with Gasteiger partial charge in [-0.2, -0.15) is 4.98 Å². The summed E-state index contributed by atoms with van der Waals surface area (Å²) in [5.41, 5.74) is 5.97. The van der Waals surface area contributed by atoms with Crippen LogP contribution in [0.15, 0.2) is 28.7 Å². The molecule has 18 heavy (non-hydrogen) atoms. The van der Waals surface area contributed by atoms with E-state index in [0.717, 1.165) is 4.47 Å². The maximum absolute atomic E-state index is 13.5. The minimum atomic E-state index is -0.293. The third-order valence-corrected chi connectivity index (χ3v) is 2.87. The van der Waals surface area contributed by atoms with Gasteiger partial charge in [0, 0.05) is 22.6 Å².